The van der Waals surface area contributed by atoms with Gasteiger partial charge in [-0.15, -0.1) is 0 Å². The highest BCUT2D eigenvalue weighted by Gasteiger charge is 2.64. The molecule has 0 spiro atoms. The predicted octanol–water partition coefficient (Wildman–Crippen LogP) is 6.87. The molecule has 184 valence electrons. The molecule has 0 bridgehead atoms. The average molecular weight is 447 g/mol. The van der Waals surface area contributed by atoms with Gasteiger partial charge in [0.15, 0.2) is 0 Å². The summed E-state index contributed by atoms with van der Waals surface area (Å²) < 4.78 is 5.19. The number of carbonyl (C=O) groups is 1. The van der Waals surface area contributed by atoms with Crippen LogP contribution in [0.3, 0.4) is 0 Å². The molecule has 0 aliphatic heterocycles. The number of hydrogen-bond donors (Lipinski definition) is 1. The molecule has 4 fully saturated rings. The van der Waals surface area contributed by atoms with Crippen molar-refractivity contribution in [2.45, 2.75) is 112 Å². The molecule has 0 amide bonds. The van der Waals surface area contributed by atoms with Crippen molar-refractivity contribution < 1.29 is 14.6 Å². The van der Waals surface area contributed by atoms with Crippen molar-refractivity contribution >= 4 is 5.97 Å². The lowest BCUT2D eigenvalue weighted by atomic mass is 9.41. The van der Waals surface area contributed by atoms with Crippen molar-refractivity contribution in [3.63, 3.8) is 0 Å². The number of aliphatic hydroxyl groups excluding tert-OH is 1. The van der Waals surface area contributed by atoms with E-state index in [1.165, 1.54) is 44.9 Å². The van der Waals surface area contributed by atoms with E-state index in [-0.39, 0.29) is 12.1 Å². The second-order valence-electron chi connectivity index (χ2n) is 12.9. The number of carbonyl (C=O) groups excluding carboxylic acids is 1. The fourth-order valence-electron chi connectivity index (χ4n) is 9.93. The second-order valence-corrected chi connectivity index (χ2v) is 12.9. The molecule has 3 heteroatoms. The third-order valence-electron chi connectivity index (χ3n) is 11.5. The summed E-state index contributed by atoms with van der Waals surface area (Å²) in [6, 6.07) is 0. The Bertz CT molecular complexity index is 675. The summed E-state index contributed by atoms with van der Waals surface area (Å²) in [5.74, 6) is 5.01. The number of rotatable bonds is 6. The van der Waals surface area contributed by atoms with Crippen molar-refractivity contribution in [3.8, 4) is 0 Å². The molecule has 4 aliphatic carbocycles. The van der Waals surface area contributed by atoms with Crippen LogP contribution < -0.4 is 0 Å². The Morgan fingerprint density at radius 3 is 2.41 bits per heavy atom. The molecule has 0 aromatic heterocycles. The Balaban J connectivity index is 1.55. The van der Waals surface area contributed by atoms with Crippen molar-refractivity contribution in [1.82, 2.24) is 0 Å². The summed E-state index contributed by atoms with van der Waals surface area (Å²) in [5, 5.41) is 11.9. The lowest BCUT2D eigenvalue weighted by Crippen LogP contribution is -2.61. The molecule has 7 unspecified atom stereocenters. The summed E-state index contributed by atoms with van der Waals surface area (Å²) in [5.41, 5.74) is 0.742. The van der Waals surface area contributed by atoms with E-state index in [1.807, 2.05) is 6.92 Å². The van der Waals surface area contributed by atoms with Crippen molar-refractivity contribution in [2.75, 3.05) is 6.61 Å². The fourth-order valence-corrected chi connectivity index (χ4v) is 9.93. The Morgan fingerprint density at radius 2 is 1.72 bits per heavy atom. The van der Waals surface area contributed by atoms with Crippen LogP contribution in [0.1, 0.15) is 106 Å². The number of esters is 1. The van der Waals surface area contributed by atoms with Gasteiger partial charge in [0.05, 0.1) is 12.7 Å². The van der Waals surface area contributed by atoms with E-state index in [9.17, 15) is 9.90 Å². The molecule has 1 N–H and O–H groups in total. The average Bonchev–Trinajstić information content (AvgIpc) is 3.11. The number of fused-ring (bicyclic) bond motifs is 5. The highest BCUT2D eigenvalue weighted by atomic mass is 16.5. The van der Waals surface area contributed by atoms with Gasteiger partial charge in [-0.1, -0.05) is 47.5 Å². The van der Waals surface area contributed by atoms with Crippen molar-refractivity contribution in [2.24, 2.45) is 58.2 Å². The molecule has 4 aliphatic rings. The fraction of sp³-hybridized carbons (Fsp3) is 0.966. The van der Waals surface area contributed by atoms with E-state index in [2.05, 4.69) is 34.6 Å². The summed E-state index contributed by atoms with van der Waals surface area (Å²) in [6.07, 6.45) is 11.7. The molecule has 32 heavy (non-hydrogen) atoms. The van der Waals surface area contributed by atoms with Gasteiger partial charge in [0, 0.05) is 6.42 Å². The van der Waals surface area contributed by atoms with Crippen LogP contribution in [0.25, 0.3) is 0 Å². The first kappa shape index (κ1) is 24.6. The molecular weight excluding hydrogens is 396 g/mol. The molecule has 4 rings (SSSR count). The van der Waals surface area contributed by atoms with Gasteiger partial charge in [-0.25, -0.2) is 0 Å². The van der Waals surface area contributed by atoms with E-state index in [4.69, 9.17) is 4.74 Å². The minimum atomic E-state index is -0.119. The maximum atomic E-state index is 12.0. The molecule has 11 atom stereocenters. The third-order valence-corrected chi connectivity index (χ3v) is 11.5. The Labute approximate surface area is 197 Å². The van der Waals surface area contributed by atoms with E-state index < -0.39 is 0 Å². The van der Waals surface area contributed by atoms with E-state index in [0.717, 1.165) is 18.8 Å². The lowest BCUT2D eigenvalue weighted by Gasteiger charge is -2.65. The molecule has 0 saturated heterocycles. The third kappa shape index (κ3) is 3.87. The summed E-state index contributed by atoms with van der Waals surface area (Å²) >= 11 is 0. The Hall–Kier alpha value is -0.570. The zero-order chi connectivity index (χ0) is 23.3. The summed E-state index contributed by atoms with van der Waals surface area (Å²) in [4.78, 5) is 12.0. The molecule has 3 nitrogen and oxygen atoms in total. The van der Waals surface area contributed by atoms with Gasteiger partial charge in [-0.3, -0.25) is 4.79 Å². The van der Waals surface area contributed by atoms with Gasteiger partial charge in [0.2, 0.25) is 0 Å². The first-order chi connectivity index (χ1) is 15.2. The molecule has 0 aromatic rings. The topological polar surface area (TPSA) is 46.5 Å². The standard InChI is InChI=1S/C29H50O3/c1-7-20-24-17-18(3)13-15-29(24,6)23-14-16-28(5)21(10-11-22(28)26(23)27(20)31)19(4)9-12-25(30)32-8-2/h18-24,26-27,31H,7-17H2,1-6H3/t18-,19-,20-,21?,22?,23?,24?,26?,27-,28?,29?/m1/s1. The van der Waals surface area contributed by atoms with Crippen LogP contribution in [0.15, 0.2) is 0 Å². The van der Waals surface area contributed by atoms with Gasteiger partial charge in [-0.2, -0.15) is 0 Å². The quantitative estimate of drug-likeness (QED) is 0.453. The molecule has 0 aromatic carbocycles. The zero-order valence-electron chi connectivity index (χ0n) is 21.7. The monoisotopic (exact) mass is 446 g/mol. The second kappa shape index (κ2) is 9.23. The first-order valence-electron chi connectivity index (χ1n) is 14.0. The molecule has 0 radical (unpaired) electrons. The van der Waals surface area contributed by atoms with Gasteiger partial charge >= 0.3 is 5.97 Å². The SMILES string of the molecule is CCOC(=O)CC[C@@H](C)C1CCC2C3C(CCC21C)C1(C)CC[C@@H](C)CC1[C@@H](CC)[C@H]3O. The largest absolute Gasteiger partial charge is 0.466 e. The van der Waals surface area contributed by atoms with Gasteiger partial charge < -0.3 is 9.84 Å². The highest BCUT2D eigenvalue weighted by molar-refractivity contribution is 5.69. The van der Waals surface area contributed by atoms with Crippen LogP contribution >= 0.6 is 0 Å². The molecule has 4 saturated carbocycles. The van der Waals surface area contributed by atoms with Crippen LogP contribution in [0.5, 0.6) is 0 Å². The Kier molecular flexibility index (Phi) is 7.08. The van der Waals surface area contributed by atoms with Crippen LogP contribution in [0.2, 0.25) is 0 Å². The predicted molar refractivity (Wildman–Crippen MR) is 130 cm³/mol. The van der Waals surface area contributed by atoms with E-state index in [1.54, 1.807) is 0 Å². The van der Waals surface area contributed by atoms with Crippen LogP contribution in [-0.2, 0) is 9.53 Å². The summed E-state index contributed by atoms with van der Waals surface area (Å²) in [6.45, 7) is 14.7. The number of ether oxygens (including phenoxy) is 1. The van der Waals surface area contributed by atoms with Gasteiger partial charge in [-0.05, 0) is 110 Å². The normalized spacial score (nSPS) is 49.0. The number of aliphatic hydroxyl groups is 1. The van der Waals surface area contributed by atoms with Crippen molar-refractivity contribution in [1.29, 1.82) is 0 Å². The maximum absolute atomic E-state index is 12.0. The highest BCUT2D eigenvalue weighted by Crippen LogP contribution is 2.69. The van der Waals surface area contributed by atoms with Crippen LogP contribution in [-0.4, -0.2) is 23.8 Å². The first-order valence-corrected chi connectivity index (χ1v) is 14.0. The Morgan fingerprint density at radius 1 is 1.03 bits per heavy atom. The van der Waals surface area contributed by atoms with Gasteiger partial charge in [0.1, 0.15) is 0 Å². The number of hydrogen-bond acceptors (Lipinski definition) is 3. The minimum Gasteiger partial charge on any atom is -0.466 e. The molecule has 0 heterocycles. The minimum absolute atomic E-state index is 0.0401. The summed E-state index contributed by atoms with van der Waals surface area (Å²) in [7, 11) is 0. The smallest absolute Gasteiger partial charge is 0.305 e. The van der Waals surface area contributed by atoms with Gasteiger partial charge in [0.25, 0.3) is 0 Å². The van der Waals surface area contributed by atoms with Crippen molar-refractivity contribution in [3.05, 3.63) is 0 Å². The maximum Gasteiger partial charge on any atom is 0.305 e. The molecular formula is C29H50O3. The zero-order valence-corrected chi connectivity index (χ0v) is 21.7. The lowest BCUT2D eigenvalue weighted by molar-refractivity contribution is -0.198. The van der Waals surface area contributed by atoms with E-state index in [0.29, 0.717) is 65.3 Å². The van der Waals surface area contributed by atoms with Crippen LogP contribution in [0, 0.1) is 58.2 Å². The van der Waals surface area contributed by atoms with E-state index >= 15 is 0 Å². The van der Waals surface area contributed by atoms with Crippen LogP contribution in [0.4, 0.5) is 0 Å².